The Morgan fingerprint density at radius 1 is 1.24 bits per heavy atom. The van der Waals surface area contributed by atoms with Crippen LogP contribution in [0.2, 0.25) is 0 Å². The van der Waals surface area contributed by atoms with Gasteiger partial charge >= 0.3 is 12.1 Å². The SMILES string of the molecule is CCCCn1nnc(C(F)(F)C(F)(F)F)c1Br. The highest BCUT2D eigenvalue weighted by atomic mass is 79.9. The van der Waals surface area contributed by atoms with Crippen molar-refractivity contribution in [1.29, 1.82) is 0 Å². The molecule has 1 rings (SSSR count). The molecule has 0 fully saturated rings. The van der Waals surface area contributed by atoms with Crippen LogP contribution in [-0.2, 0) is 12.5 Å². The topological polar surface area (TPSA) is 30.7 Å². The molecule has 0 atom stereocenters. The predicted octanol–water partition coefficient (Wildman–Crippen LogP) is 3.49. The molecule has 0 aromatic carbocycles. The van der Waals surface area contributed by atoms with Crippen LogP contribution in [0.3, 0.4) is 0 Å². The van der Waals surface area contributed by atoms with Gasteiger partial charge < -0.3 is 0 Å². The summed E-state index contributed by atoms with van der Waals surface area (Å²) in [6.45, 7) is 2.09. The fourth-order valence-electron chi connectivity index (χ4n) is 1.08. The summed E-state index contributed by atoms with van der Waals surface area (Å²) in [5, 5.41) is 6.18. The average Bonchev–Trinajstić information content (AvgIpc) is 2.55. The molecule has 9 heteroatoms. The second kappa shape index (κ2) is 4.87. The zero-order chi connectivity index (χ0) is 13.3. The van der Waals surface area contributed by atoms with E-state index in [1.165, 1.54) is 0 Å². The molecular formula is C8H9BrF5N3. The van der Waals surface area contributed by atoms with Gasteiger partial charge in [0.25, 0.3) is 0 Å². The van der Waals surface area contributed by atoms with Gasteiger partial charge in [0.2, 0.25) is 0 Å². The summed E-state index contributed by atoms with van der Waals surface area (Å²) in [6.07, 6.45) is -4.31. The minimum Gasteiger partial charge on any atom is -0.238 e. The molecule has 0 saturated heterocycles. The van der Waals surface area contributed by atoms with Crippen molar-refractivity contribution >= 4 is 15.9 Å². The first-order valence-electron chi connectivity index (χ1n) is 4.75. The third-order valence-electron chi connectivity index (χ3n) is 2.05. The molecule has 1 heterocycles. The molecule has 17 heavy (non-hydrogen) atoms. The third kappa shape index (κ3) is 2.75. The summed E-state index contributed by atoms with van der Waals surface area (Å²) in [4.78, 5) is 0. The van der Waals surface area contributed by atoms with Gasteiger partial charge in [0.15, 0.2) is 5.69 Å². The van der Waals surface area contributed by atoms with Crippen LogP contribution in [0.15, 0.2) is 4.60 Å². The van der Waals surface area contributed by atoms with Gasteiger partial charge in [-0.2, -0.15) is 22.0 Å². The van der Waals surface area contributed by atoms with Gasteiger partial charge in [0, 0.05) is 6.54 Å². The highest BCUT2D eigenvalue weighted by Gasteiger charge is 2.61. The maximum Gasteiger partial charge on any atom is 0.459 e. The minimum absolute atomic E-state index is 0.234. The highest BCUT2D eigenvalue weighted by Crippen LogP contribution is 2.45. The Hall–Kier alpha value is -0.730. The summed E-state index contributed by atoms with van der Waals surface area (Å²) in [5.74, 6) is -5.00. The maximum absolute atomic E-state index is 13.0. The summed E-state index contributed by atoms with van der Waals surface area (Å²) >= 11 is 2.67. The highest BCUT2D eigenvalue weighted by molar-refractivity contribution is 9.10. The summed E-state index contributed by atoms with van der Waals surface area (Å²) in [6, 6.07) is 0. The van der Waals surface area contributed by atoms with Crippen LogP contribution in [-0.4, -0.2) is 21.2 Å². The molecule has 0 aliphatic rings. The number of unbranched alkanes of at least 4 members (excludes halogenated alkanes) is 1. The predicted molar refractivity (Wildman–Crippen MR) is 52.6 cm³/mol. The number of aryl methyl sites for hydroxylation is 1. The number of alkyl halides is 5. The molecular weight excluding hydrogens is 313 g/mol. The first-order valence-corrected chi connectivity index (χ1v) is 5.55. The number of hydrogen-bond acceptors (Lipinski definition) is 2. The lowest BCUT2D eigenvalue weighted by molar-refractivity contribution is -0.291. The average molecular weight is 322 g/mol. The van der Waals surface area contributed by atoms with Gasteiger partial charge in [0.05, 0.1) is 0 Å². The zero-order valence-electron chi connectivity index (χ0n) is 8.73. The molecule has 0 unspecified atom stereocenters. The quantitative estimate of drug-likeness (QED) is 0.795. The number of nitrogens with zero attached hydrogens (tertiary/aromatic N) is 3. The van der Waals surface area contributed by atoms with Crippen molar-refractivity contribution in [3.63, 3.8) is 0 Å². The summed E-state index contributed by atoms with van der Waals surface area (Å²) in [7, 11) is 0. The standard InChI is InChI=1S/C8H9BrF5N3/c1-2-3-4-17-6(9)5(15-16-17)7(10,11)8(12,13)14/h2-4H2,1H3. The molecule has 3 nitrogen and oxygen atoms in total. The zero-order valence-corrected chi connectivity index (χ0v) is 10.3. The third-order valence-corrected chi connectivity index (χ3v) is 2.84. The normalized spacial score (nSPS) is 13.1. The van der Waals surface area contributed by atoms with Crippen LogP contribution in [0.1, 0.15) is 25.5 Å². The minimum atomic E-state index is -5.68. The van der Waals surface area contributed by atoms with Crippen molar-refractivity contribution in [2.45, 2.75) is 38.4 Å². The van der Waals surface area contributed by atoms with E-state index in [0.29, 0.717) is 6.42 Å². The molecule has 1 aromatic heterocycles. The van der Waals surface area contributed by atoms with Gasteiger partial charge in [0.1, 0.15) is 4.60 Å². The van der Waals surface area contributed by atoms with E-state index in [9.17, 15) is 22.0 Å². The smallest absolute Gasteiger partial charge is 0.238 e. The van der Waals surface area contributed by atoms with E-state index < -0.39 is 22.4 Å². The second-order valence-corrected chi connectivity index (χ2v) is 4.13. The van der Waals surface area contributed by atoms with E-state index in [2.05, 4.69) is 26.2 Å². The molecule has 98 valence electrons. The molecule has 0 aliphatic heterocycles. The Morgan fingerprint density at radius 2 is 1.82 bits per heavy atom. The molecule has 1 aromatic rings. The van der Waals surface area contributed by atoms with Gasteiger partial charge in [-0.15, -0.1) is 5.10 Å². The summed E-state index contributed by atoms with van der Waals surface area (Å²) in [5.41, 5.74) is -1.40. The van der Waals surface area contributed by atoms with E-state index in [-0.39, 0.29) is 6.54 Å². The first kappa shape index (κ1) is 14.3. The lowest BCUT2D eigenvalue weighted by Gasteiger charge is -2.17. The van der Waals surface area contributed by atoms with Crippen molar-refractivity contribution in [1.82, 2.24) is 15.0 Å². The van der Waals surface area contributed by atoms with Crippen LogP contribution in [0, 0.1) is 0 Å². The number of rotatable bonds is 4. The van der Waals surface area contributed by atoms with Crippen molar-refractivity contribution < 1.29 is 22.0 Å². The largest absolute Gasteiger partial charge is 0.459 e. The molecule has 0 amide bonds. The van der Waals surface area contributed by atoms with E-state index in [0.717, 1.165) is 11.1 Å². The number of aromatic nitrogens is 3. The molecule has 0 radical (unpaired) electrons. The fourth-order valence-corrected chi connectivity index (χ4v) is 1.66. The van der Waals surface area contributed by atoms with Crippen LogP contribution in [0.5, 0.6) is 0 Å². The van der Waals surface area contributed by atoms with E-state index >= 15 is 0 Å². The van der Waals surface area contributed by atoms with Crippen molar-refractivity contribution in [3.8, 4) is 0 Å². The van der Waals surface area contributed by atoms with E-state index in [1.807, 2.05) is 6.92 Å². The Labute approximate surface area is 102 Å². The lowest BCUT2D eigenvalue weighted by Crippen LogP contribution is -2.34. The Bertz CT molecular complexity index is 387. The first-order chi connectivity index (χ1) is 7.71. The molecule has 0 bridgehead atoms. The van der Waals surface area contributed by atoms with Crippen LogP contribution < -0.4 is 0 Å². The fraction of sp³-hybridized carbons (Fsp3) is 0.750. The van der Waals surface area contributed by atoms with Crippen LogP contribution in [0.25, 0.3) is 0 Å². The van der Waals surface area contributed by atoms with Gasteiger partial charge in [-0.25, -0.2) is 4.68 Å². The molecule has 0 saturated carbocycles. The van der Waals surface area contributed by atoms with E-state index in [1.54, 1.807) is 0 Å². The molecule has 0 N–H and O–H groups in total. The monoisotopic (exact) mass is 321 g/mol. The molecule has 0 aliphatic carbocycles. The van der Waals surface area contributed by atoms with Gasteiger partial charge in [-0.05, 0) is 22.4 Å². The van der Waals surface area contributed by atoms with Crippen molar-refractivity contribution in [2.75, 3.05) is 0 Å². The second-order valence-electron chi connectivity index (χ2n) is 3.38. The maximum atomic E-state index is 13.0. The van der Waals surface area contributed by atoms with E-state index in [4.69, 9.17) is 0 Å². The number of halogens is 6. The molecule has 0 spiro atoms. The van der Waals surface area contributed by atoms with Crippen LogP contribution in [0.4, 0.5) is 22.0 Å². The Morgan fingerprint density at radius 3 is 2.29 bits per heavy atom. The summed E-state index contributed by atoms with van der Waals surface area (Å²) < 4.78 is 62.9. The Kier molecular flexibility index (Phi) is 4.11. The lowest BCUT2D eigenvalue weighted by atomic mass is 10.2. The van der Waals surface area contributed by atoms with Gasteiger partial charge in [-0.3, -0.25) is 0 Å². The Balaban J connectivity index is 3.04. The van der Waals surface area contributed by atoms with Crippen molar-refractivity contribution in [2.24, 2.45) is 0 Å². The number of hydrogen-bond donors (Lipinski definition) is 0. The van der Waals surface area contributed by atoms with Crippen molar-refractivity contribution in [3.05, 3.63) is 10.3 Å². The van der Waals surface area contributed by atoms with Crippen LogP contribution >= 0.6 is 15.9 Å². The van der Waals surface area contributed by atoms with Gasteiger partial charge in [-0.1, -0.05) is 18.6 Å².